The van der Waals surface area contributed by atoms with Crippen LogP contribution in [0.3, 0.4) is 0 Å². The van der Waals surface area contributed by atoms with Gasteiger partial charge in [-0.2, -0.15) is 0 Å². The molecule has 18 heavy (non-hydrogen) atoms. The van der Waals surface area contributed by atoms with Crippen LogP contribution in [0.2, 0.25) is 0 Å². The van der Waals surface area contributed by atoms with E-state index in [9.17, 15) is 18.0 Å². The van der Waals surface area contributed by atoms with Crippen LogP contribution in [0, 0.1) is 17.5 Å². The Bertz CT molecular complexity index is 403. The molecule has 0 atom stereocenters. The van der Waals surface area contributed by atoms with Gasteiger partial charge in [0.15, 0.2) is 0 Å². The largest absolute Gasteiger partial charge is 0.394 e. The normalized spacial score (nSPS) is 10.4. The molecule has 0 aliphatic heterocycles. The molecule has 2 N–H and O–H groups in total. The number of carbonyl (C=O) groups excluding carboxylic acids is 1. The van der Waals surface area contributed by atoms with Gasteiger partial charge < -0.3 is 15.2 Å². The van der Waals surface area contributed by atoms with Gasteiger partial charge >= 0.3 is 0 Å². The zero-order chi connectivity index (χ0) is 13.5. The average Bonchev–Trinajstić information content (AvgIpc) is 2.27. The van der Waals surface area contributed by atoms with Crippen LogP contribution >= 0.6 is 0 Å². The van der Waals surface area contributed by atoms with E-state index in [1.165, 1.54) is 0 Å². The number of carbonyl (C=O) groups is 1. The van der Waals surface area contributed by atoms with E-state index < -0.39 is 28.9 Å². The lowest BCUT2D eigenvalue weighted by atomic mass is 10.2. The molecule has 0 fully saturated rings. The van der Waals surface area contributed by atoms with Crippen molar-refractivity contribution in [3.63, 3.8) is 0 Å². The molecule has 1 amide bonds. The Balaban J connectivity index is 2.57. The van der Waals surface area contributed by atoms with Crippen molar-refractivity contribution in [1.29, 1.82) is 0 Å². The predicted octanol–water partition coefficient (Wildman–Crippen LogP) is 0.843. The van der Waals surface area contributed by atoms with Gasteiger partial charge in [0.2, 0.25) is 0 Å². The second-order valence-electron chi connectivity index (χ2n) is 3.34. The number of hydrogen-bond donors (Lipinski definition) is 2. The van der Waals surface area contributed by atoms with Crippen LogP contribution < -0.4 is 5.32 Å². The average molecular weight is 263 g/mol. The van der Waals surface area contributed by atoms with Gasteiger partial charge in [-0.05, 0) is 0 Å². The van der Waals surface area contributed by atoms with Crippen LogP contribution in [0.5, 0.6) is 0 Å². The second-order valence-corrected chi connectivity index (χ2v) is 3.34. The molecular weight excluding hydrogens is 251 g/mol. The molecule has 0 saturated heterocycles. The molecular formula is C11H12F3NO3. The summed E-state index contributed by atoms with van der Waals surface area (Å²) in [4.78, 5) is 11.4. The van der Waals surface area contributed by atoms with Crippen LogP contribution in [0.1, 0.15) is 10.4 Å². The van der Waals surface area contributed by atoms with Gasteiger partial charge in [-0.15, -0.1) is 0 Å². The van der Waals surface area contributed by atoms with Gasteiger partial charge in [-0.25, -0.2) is 13.2 Å². The Kier molecular flexibility index (Phi) is 5.60. The number of rotatable bonds is 6. The Hall–Kier alpha value is -1.60. The van der Waals surface area contributed by atoms with Gasteiger partial charge in [0.05, 0.1) is 19.8 Å². The molecule has 0 aromatic heterocycles. The highest BCUT2D eigenvalue weighted by Gasteiger charge is 2.18. The molecule has 1 aromatic rings. The van der Waals surface area contributed by atoms with Gasteiger partial charge in [0.1, 0.15) is 23.0 Å². The number of aliphatic hydroxyl groups excluding tert-OH is 1. The van der Waals surface area contributed by atoms with E-state index in [4.69, 9.17) is 9.84 Å². The summed E-state index contributed by atoms with van der Waals surface area (Å²) in [5, 5.41) is 10.6. The van der Waals surface area contributed by atoms with Crippen molar-refractivity contribution in [3.8, 4) is 0 Å². The van der Waals surface area contributed by atoms with E-state index in [2.05, 4.69) is 5.32 Å². The van der Waals surface area contributed by atoms with Crippen LogP contribution in [0.4, 0.5) is 13.2 Å². The first kappa shape index (κ1) is 14.5. The minimum absolute atomic E-state index is 0.0229. The minimum atomic E-state index is -1.26. The zero-order valence-corrected chi connectivity index (χ0v) is 9.38. The highest BCUT2D eigenvalue weighted by atomic mass is 19.1. The smallest absolute Gasteiger partial charge is 0.257 e. The molecule has 7 heteroatoms. The molecule has 0 bridgehead atoms. The quantitative estimate of drug-likeness (QED) is 0.748. The first-order chi connectivity index (χ1) is 8.56. The van der Waals surface area contributed by atoms with E-state index in [1.807, 2.05) is 0 Å². The van der Waals surface area contributed by atoms with Crippen molar-refractivity contribution in [2.45, 2.75) is 0 Å². The summed E-state index contributed by atoms with van der Waals surface area (Å²) in [6, 6.07) is 0.862. The van der Waals surface area contributed by atoms with E-state index in [-0.39, 0.29) is 26.4 Å². The SMILES string of the molecule is O=C(NCCOCCO)c1c(F)cc(F)cc1F. The number of halogens is 3. The Morgan fingerprint density at radius 3 is 2.39 bits per heavy atom. The summed E-state index contributed by atoms with van der Waals surface area (Å²) in [7, 11) is 0. The molecule has 0 radical (unpaired) electrons. The summed E-state index contributed by atoms with van der Waals surface area (Å²) in [5.41, 5.74) is -0.835. The maximum atomic E-state index is 13.2. The Morgan fingerprint density at radius 1 is 1.22 bits per heavy atom. The molecule has 0 unspecified atom stereocenters. The Morgan fingerprint density at radius 2 is 1.83 bits per heavy atom. The minimum Gasteiger partial charge on any atom is -0.394 e. The van der Waals surface area contributed by atoms with Crippen LogP contribution in [-0.4, -0.2) is 37.4 Å². The molecule has 0 saturated carbocycles. The van der Waals surface area contributed by atoms with Crippen LogP contribution in [0.25, 0.3) is 0 Å². The van der Waals surface area contributed by atoms with Gasteiger partial charge in [-0.3, -0.25) is 4.79 Å². The monoisotopic (exact) mass is 263 g/mol. The van der Waals surface area contributed by atoms with Crippen LogP contribution in [-0.2, 0) is 4.74 Å². The lowest BCUT2D eigenvalue weighted by Crippen LogP contribution is -2.29. The third kappa shape index (κ3) is 4.01. The zero-order valence-electron chi connectivity index (χ0n) is 9.38. The van der Waals surface area contributed by atoms with Crippen molar-refractivity contribution in [2.75, 3.05) is 26.4 Å². The van der Waals surface area contributed by atoms with Crippen molar-refractivity contribution in [3.05, 3.63) is 35.1 Å². The molecule has 0 spiro atoms. The highest BCUT2D eigenvalue weighted by Crippen LogP contribution is 2.14. The summed E-state index contributed by atoms with van der Waals surface area (Å²) < 4.78 is 43.8. The van der Waals surface area contributed by atoms with E-state index in [1.54, 1.807) is 0 Å². The number of benzene rings is 1. The number of aliphatic hydroxyl groups is 1. The highest BCUT2D eigenvalue weighted by molar-refractivity contribution is 5.94. The Labute approximate surface area is 101 Å². The molecule has 0 heterocycles. The number of nitrogens with one attached hydrogen (secondary N) is 1. The predicted molar refractivity (Wildman–Crippen MR) is 56.6 cm³/mol. The third-order valence-corrected chi connectivity index (χ3v) is 2.00. The topological polar surface area (TPSA) is 58.6 Å². The molecule has 0 aliphatic rings. The summed E-state index contributed by atoms with van der Waals surface area (Å²) >= 11 is 0. The van der Waals surface area contributed by atoms with E-state index in [0.717, 1.165) is 0 Å². The van der Waals surface area contributed by atoms with Crippen molar-refractivity contribution in [1.82, 2.24) is 5.32 Å². The third-order valence-electron chi connectivity index (χ3n) is 2.00. The fourth-order valence-electron chi connectivity index (χ4n) is 1.25. The van der Waals surface area contributed by atoms with E-state index in [0.29, 0.717) is 12.1 Å². The number of amides is 1. The molecule has 1 aromatic carbocycles. The second kappa shape index (κ2) is 6.97. The van der Waals surface area contributed by atoms with Crippen molar-refractivity contribution in [2.24, 2.45) is 0 Å². The lowest BCUT2D eigenvalue weighted by Gasteiger charge is -2.07. The first-order valence-electron chi connectivity index (χ1n) is 5.17. The maximum absolute atomic E-state index is 13.2. The standard InChI is InChI=1S/C11H12F3NO3/c12-7-5-8(13)10(9(14)6-7)11(17)15-1-3-18-4-2-16/h5-6,16H,1-4H2,(H,15,17). The molecule has 0 aliphatic carbocycles. The maximum Gasteiger partial charge on any atom is 0.257 e. The summed E-state index contributed by atoms with van der Waals surface area (Å²) in [6.45, 7) is 0.0656. The fraction of sp³-hybridized carbons (Fsp3) is 0.364. The first-order valence-corrected chi connectivity index (χ1v) is 5.17. The van der Waals surface area contributed by atoms with Gasteiger partial charge in [-0.1, -0.05) is 0 Å². The number of ether oxygens (including phenoxy) is 1. The number of hydrogen-bond acceptors (Lipinski definition) is 3. The van der Waals surface area contributed by atoms with Crippen LogP contribution in [0.15, 0.2) is 12.1 Å². The van der Waals surface area contributed by atoms with Gasteiger partial charge in [0.25, 0.3) is 5.91 Å². The van der Waals surface area contributed by atoms with Crippen molar-refractivity contribution >= 4 is 5.91 Å². The summed E-state index contributed by atoms with van der Waals surface area (Å²) in [6.07, 6.45) is 0. The van der Waals surface area contributed by atoms with Crippen molar-refractivity contribution < 1.29 is 27.8 Å². The van der Waals surface area contributed by atoms with Gasteiger partial charge in [0, 0.05) is 18.7 Å². The lowest BCUT2D eigenvalue weighted by molar-refractivity contribution is 0.0833. The fourth-order valence-corrected chi connectivity index (χ4v) is 1.25. The molecule has 100 valence electrons. The van der Waals surface area contributed by atoms with E-state index >= 15 is 0 Å². The molecule has 4 nitrogen and oxygen atoms in total. The summed E-state index contributed by atoms with van der Waals surface area (Å²) in [5.74, 6) is -4.60. The molecule has 1 rings (SSSR count).